The second-order valence-corrected chi connectivity index (χ2v) is 8.09. The monoisotopic (exact) mass is 392 g/mol. The molecule has 0 radical (unpaired) electrons. The number of imidazole rings is 1. The van der Waals surface area contributed by atoms with Gasteiger partial charge in [-0.1, -0.05) is 36.8 Å². The first kappa shape index (κ1) is 18.3. The van der Waals surface area contributed by atoms with E-state index in [2.05, 4.69) is 39.6 Å². The number of aromatic amines is 1. The second kappa shape index (κ2) is 7.59. The van der Waals surface area contributed by atoms with Gasteiger partial charge >= 0.3 is 0 Å². The number of amides is 1. The van der Waals surface area contributed by atoms with Crippen LogP contribution in [0.25, 0.3) is 11.0 Å². The maximum Gasteiger partial charge on any atom is 0.289 e. The molecule has 1 amide bonds. The van der Waals surface area contributed by atoms with Gasteiger partial charge in [-0.3, -0.25) is 4.79 Å². The zero-order valence-electron chi connectivity index (χ0n) is 16.3. The highest BCUT2D eigenvalue weighted by molar-refractivity contribution is 5.94. The molecule has 6 heteroatoms. The second-order valence-electron chi connectivity index (χ2n) is 8.09. The molecule has 2 N–H and O–H groups in total. The summed E-state index contributed by atoms with van der Waals surface area (Å²) in [5.41, 5.74) is 2.51. The Balaban J connectivity index is 1.45. The largest absolute Gasteiger partial charge is 0.334 e. The lowest BCUT2D eigenvalue weighted by molar-refractivity contribution is 0.0499. The minimum absolute atomic E-state index is 0.0909. The van der Waals surface area contributed by atoms with Crippen LogP contribution in [0.5, 0.6) is 0 Å². The van der Waals surface area contributed by atoms with Gasteiger partial charge in [0.2, 0.25) is 0 Å². The van der Waals surface area contributed by atoms with E-state index in [1.807, 2.05) is 11.0 Å². The predicted molar refractivity (Wildman–Crippen MR) is 110 cm³/mol. The first-order chi connectivity index (χ1) is 14.2. The molecule has 0 aliphatic carbocycles. The van der Waals surface area contributed by atoms with E-state index in [1.54, 1.807) is 6.07 Å². The lowest BCUT2D eigenvalue weighted by Gasteiger charge is -2.45. The molecule has 2 aliphatic rings. The van der Waals surface area contributed by atoms with Crippen LogP contribution in [0.2, 0.25) is 0 Å². The number of carbonyl (C=O) groups is 1. The van der Waals surface area contributed by atoms with Crippen LogP contribution >= 0.6 is 0 Å². The lowest BCUT2D eigenvalue weighted by atomic mass is 9.79. The Morgan fingerprint density at radius 3 is 2.83 bits per heavy atom. The van der Waals surface area contributed by atoms with Crippen molar-refractivity contribution in [3.63, 3.8) is 0 Å². The molecule has 0 bridgehead atoms. The number of halogens is 1. The Morgan fingerprint density at radius 2 is 1.97 bits per heavy atom. The quantitative estimate of drug-likeness (QED) is 0.697. The maximum absolute atomic E-state index is 13.5. The summed E-state index contributed by atoms with van der Waals surface area (Å²) >= 11 is 0. The van der Waals surface area contributed by atoms with Crippen molar-refractivity contribution in [3.05, 3.63) is 65.7 Å². The van der Waals surface area contributed by atoms with Crippen molar-refractivity contribution in [2.75, 3.05) is 13.1 Å². The molecule has 5 rings (SSSR count). The number of carbonyl (C=O) groups excluding carboxylic acids is 1. The fourth-order valence-electron chi connectivity index (χ4n) is 4.99. The van der Waals surface area contributed by atoms with Crippen LogP contribution in [0.3, 0.4) is 0 Å². The minimum atomic E-state index is -0.336. The summed E-state index contributed by atoms with van der Waals surface area (Å²) in [6.45, 7) is 1.68. The van der Waals surface area contributed by atoms with Crippen LogP contribution in [0, 0.1) is 5.82 Å². The number of nitrogens with zero attached hydrogens (tertiary/aromatic N) is 2. The van der Waals surface area contributed by atoms with Crippen LogP contribution in [0.15, 0.2) is 48.5 Å². The number of hydrogen-bond acceptors (Lipinski definition) is 3. The Bertz CT molecular complexity index is 1020. The molecule has 0 saturated carbocycles. The minimum Gasteiger partial charge on any atom is -0.334 e. The molecule has 3 aromatic rings. The van der Waals surface area contributed by atoms with E-state index in [4.69, 9.17) is 0 Å². The van der Waals surface area contributed by atoms with Gasteiger partial charge < -0.3 is 15.2 Å². The van der Waals surface area contributed by atoms with Gasteiger partial charge in [0.05, 0.1) is 11.0 Å². The molecule has 1 aromatic heterocycles. The molecule has 0 spiro atoms. The topological polar surface area (TPSA) is 61.0 Å². The SMILES string of the molecule is O=C(c1nc2ccc(F)cc2[nH]1)N1CC[C@H](c2ccccc2)[C@H]2NCCCC[C@H]21. The third-order valence-electron chi connectivity index (χ3n) is 6.37. The number of rotatable bonds is 2. The molecular weight excluding hydrogens is 367 g/mol. The van der Waals surface area contributed by atoms with Crippen LogP contribution in [0.1, 0.15) is 47.8 Å². The van der Waals surface area contributed by atoms with Crippen molar-refractivity contribution in [1.82, 2.24) is 20.2 Å². The fourth-order valence-corrected chi connectivity index (χ4v) is 4.99. The number of H-pyrrole nitrogens is 1. The molecule has 0 unspecified atom stereocenters. The van der Waals surface area contributed by atoms with Gasteiger partial charge in [0.15, 0.2) is 5.82 Å². The number of benzene rings is 2. The number of piperidine rings is 1. The zero-order chi connectivity index (χ0) is 19.8. The van der Waals surface area contributed by atoms with Gasteiger partial charge in [-0.05, 0) is 49.6 Å². The summed E-state index contributed by atoms with van der Waals surface area (Å²) in [5, 5.41) is 3.73. The molecular formula is C23H25FN4O. The van der Waals surface area contributed by atoms with Gasteiger partial charge in [-0.25, -0.2) is 9.37 Å². The zero-order valence-corrected chi connectivity index (χ0v) is 16.3. The van der Waals surface area contributed by atoms with Crippen LogP contribution in [-0.4, -0.2) is 45.9 Å². The Kier molecular flexibility index (Phi) is 4.79. The molecule has 2 aliphatic heterocycles. The summed E-state index contributed by atoms with van der Waals surface area (Å²) in [4.78, 5) is 22.8. The molecule has 3 atom stereocenters. The van der Waals surface area contributed by atoms with Crippen molar-refractivity contribution >= 4 is 16.9 Å². The van der Waals surface area contributed by atoms with Crippen molar-refractivity contribution in [3.8, 4) is 0 Å². The molecule has 2 saturated heterocycles. The lowest BCUT2D eigenvalue weighted by Crippen LogP contribution is -2.58. The van der Waals surface area contributed by atoms with Crippen molar-refractivity contribution < 1.29 is 9.18 Å². The first-order valence-corrected chi connectivity index (χ1v) is 10.5. The standard InChI is InChI=1S/C23H25FN4O/c24-16-9-10-18-19(14-16)27-22(26-18)23(29)28-13-11-17(15-6-2-1-3-7-15)21-20(28)8-4-5-12-25-21/h1-3,6-7,9-10,14,17,20-21,25H,4-5,8,11-13H2,(H,26,27)/t17-,20-,21-/m1/s1. The smallest absolute Gasteiger partial charge is 0.289 e. The molecule has 2 aromatic carbocycles. The van der Waals surface area contributed by atoms with E-state index < -0.39 is 0 Å². The third kappa shape index (κ3) is 3.42. The molecule has 2 fully saturated rings. The first-order valence-electron chi connectivity index (χ1n) is 10.5. The van der Waals surface area contributed by atoms with Crippen molar-refractivity contribution in [2.45, 2.75) is 43.7 Å². The van der Waals surface area contributed by atoms with Crippen molar-refractivity contribution in [2.24, 2.45) is 0 Å². The maximum atomic E-state index is 13.5. The third-order valence-corrected chi connectivity index (χ3v) is 6.37. The number of nitrogens with one attached hydrogen (secondary N) is 2. The molecule has 3 heterocycles. The van der Waals surface area contributed by atoms with E-state index in [9.17, 15) is 9.18 Å². The van der Waals surface area contributed by atoms with Crippen LogP contribution < -0.4 is 5.32 Å². The van der Waals surface area contributed by atoms with E-state index in [0.717, 1.165) is 32.2 Å². The Hall–Kier alpha value is -2.73. The summed E-state index contributed by atoms with van der Waals surface area (Å²) in [6.07, 6.45) is 4.13. The van der Waals surface area contributed by atoms with E-state index >= 15 is 0 Å². The number of likely N-dealkylation sites (tertiary alicyclic amines) is 1. The Morgan fingerprint density at radius 1 is 1.10 bits per heavy atom. The van der Waals surface area contributed by atoms with E-state index in [-0.39, 0.29) is 23.8 Å². The summed E-state index contributed by atoms with van der Waals surface area (Å²) in [7, 11) is 0. The number of hydrogen-bond donors (Lipinski definition) is 2. The molecule has 5 nitrogen and oxygen atoms in total. The van der Waals surface area contributed by atoms with Crippen molar-refractivity contribution in [1.29, 1.82) is 0 Å². The van der Waals surface area contributed by atoms with E-state index in [1.165, 1.54) is 17.7 Å². The number of aromatic nitrogens is 2. The normalized spacial score (nSPS) is 24.9. The summed E-state index contributed by atoms with van der Waals surface area (Å²) in [6, 6.07) is 15.3. The van der Waals surface area contributed by atoms with E-state index in [0.29, 0.717) is 29.3 Å². The van der Waals surface area contributed by atoms with Gasteiger partial charge in [-0.15, -0.1) is 0 Å². The molecule has 29 heavy (non-hydrogen) atoms. The van der Waals surface area contributed by atoms with Gasteiger partial charge in [0, 0.05) is 24.5 Å². The summed E-state index contributed by atoms with van der Waals surface area (Å²) in [5.74, 6) is 0.267. The highest BCUT2D eigenvalue weighted by Gasteiger charge is 2.41. The average Bonchev–Trinajstić information content (AvgIpc) is 3.01. The summed E-state index contributed by atoms with van der Waals surface area (Å²) < 4.78 is 13.5. The van der Waals surface area contributed by atoms with Gasteiger partial charge in [-0.2, -0.15) is 0 Å². The molecule has 150 valence electrons. The van der Waals surface area contributed by atoms with Gasteiger partial charge in [0.1, 0.15) is 5.82 Å². The number of fused-ring (bicyclic) bond motifs is 2. The highest BCUT2D eigenvalue weighted by atomic mass is 19.1. The average molecular weight is 392 g/mol. The highest BCUT2D eigenvalue weighted by Crippen LogP contribution is 2.35. The van der Waals surface area contributed by atoms with Crippen LogP contribution in [0.4, 0.5) is 4.39 Å². The Labute approximate surface area is 169 Å². The fraction of sp³-hybridized carbons (Fsp3) is 0.391. The van der Waals surface area contributed by atoms with Crippen LogP contribution in [-0.2, 0) is 0 Å². The predicted octanol–water partition coefficient (Wildman–Crippen LogP) is 3.84. The van der Waals surface area contributed by atoms with Gasteiger partial charge in [0.25, 0.3) is 5.91 Å².